The van der Waals surface area contributed by atoms with Gasteiger partial charge in [0.15, 0.2) is 5.13 Å². The first-order valence-corrected chi connectivity index (χ1v) is 6.85. The van der Waals surface area contributed by atoms with Gasteiger partial charge in [-0.05, 0) is 13.8 Å². The molecule has 0 saturated heterocycles. The Labute approximate surface area is 116 Å². The fourth-order valence-electron chi connectivity index (χ4n) is 1.53. The van der Waals surface area contributed by atoms with Crippen molar-refractivity contribution in [3.8, 4) is 0 Å². The summed E-state index contributed by atoms with van der Waals surface area (Å²) in [5, 5.41) is 5.94. The van der Waals surface area contributed by atoms with E-state index < -0.39 is 0 Å². The number of hydrogen-bond donors (Lipinski definition) is 3. The monoisotopic (exact) mass is 285 g/mol. The van der Waals surface area contributed by atoms with Crippen molar-refractivity contribution in [2.75, 3.05) is 37.7 Å². The van der Waals surface area contributed by atoms with Gasteiger partial charge in [0, 0.05) is 20.1 Å². The normalized spacial score (nSPS) is 10.1. The first kappa shape index (κ1) is 15.2. The zero-order chi connectivity index (χ0) is 14.4. The van der Waals surface area contributed by atoms with Crippen LogP contribution in [0.2, 0.25) is 0 Å². The molecule has 1 rings (SSSR count). The summed E-state index contributed by atoms with van der Waals surface area (Å²) in [6.45, 7) is 5.00. The van der Waals surface area contributed by atoms with Gasteiger partial charge >= 0.3 is 0 Å². The number of amides is 2. The van der Waals surface area contributed by atoms with Crippen molar-refractivity contribution in [1.82, 2.24) is 15.2 Å². The summed E-state index contributed by atoms with van der Waals surface area (Å²) in [7, 11) is 1.70. The van der Waals surface area contributed by atoms with Crippen LogP contribution in [0, 0.1) is 0 Å². The average molecular weight is 285 g/mol. The number of carbonyl (C=O) groups excluding carboxylic acids is 2. The standard InChI is InChI=1S/C11H19N5O2S/c1-4-16(5-2)7(17)6-14-10(18)8-9(12)15-11(13-3)19-8/h4-6,12H2,1-3H3,(H,13,15)(H,14,18). The molecule has 1 aromatic rings. The molecule has 4 N–H and O–H groups in total. The summed E-state index contributed by atoms with van der Waals surface area (Å²) in [5.74, 6) is -0.325. The number of nitrogens with zero attached hydrogens (tertiary/aromatic N) is 2. The van der Waals surface area contributed by atoms with E-state index in [1.165, 1.54) is 0 Å². The van der Waals surface area contributed by atoms with E-state index in [1.54, 1.807) is 11.9 Å². The Hall–Kier alpha value is -1.83. The number of likely N-dealkylation sites (N-methyl/N-ethyl adjacent to an activating group) is 1. The van der Waals surface area contributed by atoms with Crippen LogP contribution in [0.5, 0.6) is 0 Å². The van der Waals surface area contributed by atoms with Crippen molar-refractivity contribution in [2.45, 2.75) is 13.8 Å². The van der Waals surface area contributed by atoms with E-state index in [9.17, 15) is 9.59 Å². The minimum absolute atomic E-state index is 0.0350. The van der Waals surface area contributed by atoms with Crippen LogP contribution in [-0.4, -0.2) is 48.4 Å². The zero-order valence-corrected chi connectivity index (χ0v) is 12.1. The van der Waals surface area contributed by atoms with Gasteiger partial charge < -0.3 is 21.3 Å². The van der Waals surface area contributed by atoms with E-state index in [0.29, 0.717) is 23.1 Å². The predicted octanol–water partition coefficient (Wildman–Crippen LogP) is 0.365. The molecular weight excluding hydrogens is 266 g/mol. The molecule has 8 heteroatoms. The highest BCUT2D eigenvalue weighted by Crippen LogP contribution is 2.23. The molecule has 0 aliphatic heterocycles. The van der Waals surface area contributed by atoms with Crippen molar-refractivity contribution < 1.29 is 9.59 Å². The molecule has 7 nitrogen and oxygen atoms in total. The topological polar surface area (TPSA) is 100 Å². The van der Waals surface area contributed by atoms with Crippen LogP contribution in [0.3, 0.4) is 0 Å². The summed E-state index contributed by atoms with van der Waals surface area (Å²) < 4.78 is 0. The predicted molar refractivity (Wildman–Crippen MR) is 76.3 cm³/mol. The smallest absolute Gasteiger partial charge is 0.265 e. The highest BCUT2D eigenvalue weighted by Gasteiger charge is 2.17. The van der Waals surface area contributed by atoms with Crippen LogP contribution >= 0.6 is 11.3 Å². The van der Waals surface area contributed by atoms with Gasteiger partial charge in [-0.25, -0.2) is 4.98 Å². The van der Waals surface area contributed by atoms with E-state index in [-0.39, 0.29) is 24.2 Å². The number of nitrogens with one attached hydrogen (secondary N) is 2. The Kier molecular flexibility index (Phi) is 5.56. The average Bonchev–Trinajstić information content (AvgIpc) is 2.78. The Bertz CT molecular complexity index is 456. The lowest BCUT2D eigenvalue weighted by molar-refractivity contribution is -0.129. The van der Waals surface area contributed by atoms with Crippen molar-refractivity contribution in [2.24, 2.45) is 0 Å². The minimum Gasteiger partial charge on any atom is -0.382 e. The molecule has 1 aromatic heterocycles. The lowest BCUT2D eigenvalue weighted by atomic mass is 10.4. The quantitative estimate of drug-likeness (QED) is 0.701. The van der Waals surface area contributed by atoms with E-state index in [0.717, 1.165) is 11.3 Å². The Balaban J connectivity index is 2.60. The fraction of sp³-hybridized carbons (Fsp3) is 0.545. The van der Waals surface area contributed by atoms with Gasteiger partial charge in [-0.1, -0.05) is 11.3 Å². The molecule has 0 fully saturated rings. The molecule has 106 valence electrons. The molecule has 0 bridgehead atoms. The van der Waals surface area contributed by atoms with Gasteiger partial charge in [-0.3, -0.25) is 9.59 Å². The lowest BCUT2D eigenvalue weighted by Crippen LogP contribution is -2.39. The second-order valence-corrected chi connectivity index (χ2v) is 4.73. The molecule has 0 aliphatic carbocycles. The molecule has 0 atom stereocenters. The van der Waals surface area contributed by atoms with Crippen LogP contribution < -0.4 is 16.4 Å². The van der Waals surface area contributed by atoms with Gasteiger partial charge in [0.2, 0.25) is 5.91 Å². The highest BCUT2D eigenvalue weighted by atomic mass is 32.1. The maximum atomic E-state index is 11.9. The Morgan fingerprint density at radius 2 is 2.00 bits per heavy atom. The lowest BCUT2D eigenvalue weighted by Gasteiger charge is -2.18. The van der Waals surface area contributed by atoms with Gasteiger partial charge in [0.05, 0.1) is 6.54 Å². The SMILES string of the molecule is CCN(CC)C(=O)CNC(=O)c1sc(NC)nc1N. The molecule has 0 spiro atoms. The third-order valence-electron chi connectivity index (χ3n) is 2.59. The summed E-state index contributed by atoms with van der Waals surface area (Å²) in [4.78, 5) is 29.6. The van der Waals surface area contributed by atoms with Gasteiger partial charge in [-0.15, -0.1) is 0 Å². The second-order valence-electron chi connectivity index (χ2n) is 3.73. The summed E-state index contributed by atoms with van der Waals surface area (Å²) in [6.07, 6.45) is 0. The summed E-state index contributed by atoms with van der Waals surface area (Å²) >= 11 is 1.16. The number of hydrogen-bond acceptors (Lipinski definition) is 6. The minimum atomic E-state index is -0.378. The number of nitrogen functional groups attached to an aromatic ring is 1. The number of thiazole rings is 1. The first-order valence-electron chi connectivity index (χ1n) is 6.03. The van der Waals surface area contributed by atoms with Crippen LogP contribution in [0.4, 0.5) is 10.9 Å². The molecule has 2 amide bonds. The summed E-state index contributed by atoms with van der Waals surface area (Å²) in [5.41, 5.74) is 5.64. The van der Waals surface area contributed by atoms with E-state index in [4.69, 9.17) is 5.73 Å². The zero-order valence-electron chi connectivity index (χ0n) is 11.3. The van der Waals surface area contributed by atoms with Gasteiger partial charge in [0.25, 0.3) is 5.91 Å². The molecule has 0 unspecified atom stereocenters. The third kappa shape index (κ3) is 3.82. The van der Waals surface area contributed by atoms with Crippen molar-refractivity contribution in [3.63, 3.8) is 0 Å². The van der Waals surface area contributed by atoms with E-state index in [1.807, 2.05) is 13.8 Å². The number of carbonyl (C=O) groups is 2. The van der Waals surface area contributed by atoms with Crippen LogP contribution in [0.15, 0.2) is 0 Å². The molecule has 0 aromatic carbocycles. The number of rotatable bonds is 6. The molecule has 1 heterocycles. The fourth-order valence-corrected chi connectivity index (χ4v) is 2.28. The Morgan fingerprint density at radius 1 is 1.37 bits per heavy atom. The number of anilines is 2. The molecule has 0 radical (unpaired) electrons. The molecule has 19 heavy (non-hydrogen) atoms. The maximum absolute atomic E-state index is 11.9. The van der Waals surface area contributed by atoms with E-state index in [2.05, 4.69) is 15.6 Å². The second kappa shape index (κ2) is 6.93. The maximum Gasteiger partial charge on any atom is 0.265 e. The Morgan fingerprint density at radius 3 is 2.47 bits per heavy atom. The molecular formula is C11H19N5O2S. The largest absolute Gasteiger partial charge is 0.382 e. The van der Waals surface area contributed by atoms with Gasteiger partial charge in [-0.2, -0.15) is 0 Å². The first-order chi connectivity index (χ1) is 9.03. The van der Waals surface area contributed by atoms with Crippen molar-refractivity contribution >= 4 is 34.1 Å². The molecule has 0 aliphatic rings. The van der Waals surface area contributed by atoms with Crippen LogP contribution in [-0.2, 0) is 4.79 Å². The van der Waals surface area contributed by atoms with E-state index >= 15 is 0 Å². The van der Waals surface area contributed by atoms with Crippen molar-refractivity contribution in [1.29, 1.82) is 0 Å². The number of aromatic nitrogens is 1. The summed E-state index contributed by atoms with van der Waals surface area (Å²) in [6, 6.07) is 0. The van der Waals surface area contributed by atoms with Crippen molar-refractivity contribution in [3.05, 3.63) is 4.88 Å². The highest BCUT2D eigenvalue weighted by molar-refractivity contribution is 7.18. The van der Waals surface area contributed by atoms with Gasteiger partial charge in [0.1, 0.15) is 10.7 Å². The molecule has 0 saturated carbocycles. The van der Waals surface area contributed by atoms with Crippen LogP contribution in [0.1, 0.15) is 23.5 Å². The number of nitrogens with two attached hydrogens (primary N) is 1. The van der Waals surface area contributed by atoms with Crippen LogP contribution in [0.25, 0.3) is 0 Å². The third-order valence-corrected chi connectivity index (χ3v) is 3.68.